The van der Waals surface area contributed by atoms with E-state index in [1.54, 1.807) is 0 Å². The number of nitrogens with one attached hydrogen (secondary N) is 1. The number of anilines is 2. The average molecular weight is 386 g/mol. The third kappa shape index (κ3) is 4.31. The van der Waals surface area contributed by atoms with Crippen molar-refractivity contribution in [1.29, 1.82) is 0 Å². The molecule has 7 heteroatoms. The van der Waals surface area contributed by atoms with Gasteiger partial charge in [-0.1, -0.05) is 0 Å². The first-order valence-corrected chi connectivity index (χ1v) is 10.3. The Morgan fingerprint density at radius 2 is 1.39 bits per heavy atom. The van der Waals surface area contributed by atoms with Gasteiger partial charge in [0, 0.05) is 63.7 Å². The minimum Gasteiger partial charge on any atom is -0.369 e. The zero-order chi connectivity index (χ0) is 19.7. The van der Waals surface area contributed by atoms with E-state index in [0.29, 0.717) is 6.42 Å². The molecule has 7 nitrogen and oxygen atoms in total. The highest BCUT2D eigenvalue weighted by molar-refractivity contribution is 5.99. The quantitative estimate of drug-likeness (QED) is 0.830. The molecule has 2 saturated heterocycles. The number of benzene rings is 1. The van der Waals surface area contributed by atoms with Crippen LogP contribution >= 0.6 is 0 Å². The van der Waals surface area contributed by atoms with Crippen molar-refractivity contribution in [2.24, 2.45) is 11.8 Å². The average Bonchev–Trinajstić information content (AvgIpc) is 3.50. The van der Waals surface area contributed by atoms with Gasteiger partial charge in [0.1, 0.15) is 0 Å². The molecule has 1 N–H and O–H groups in total. The molecule has 1 aromatic carbocycles. The van der Waals surface area contributed by atoms with Crippen molar-refractivity contribution in [1.82, 2.24) is 14.7 Å². The zero-order valence-electron chi connectivity index (χ0n) is 16.9. The van der Waals surface area contributed by atoms with Crippen LogP contribution in [0.1, 0.15) is 6.42 Å². The van der Waals surface area contributed by atoms with E-state index in [1.165, 1.54) is 5.69 Å². The molecule has 3 aliphatic rings. The lowest BCUT2D eigenvalue weighted by Gasteiger charge is -2.34. The van der Waals surface area contributed by atoms with Gasteiger partial charge in [0.05, 0.1) is 11.8 Å². The minimum absolute atomic E-state index is 0.0279. The monoisotopic (exact) mass is 385 g/mol. The van der Waals surface area contributed by atoms with Crippen molar-refractivity contribution in [2.45, 2.75) is 6.42 Å². The second-order valence-electron chi connectivity index (χ2n) is 8.40. The molecule has 2 unspecified atom stereocenters. The number of amides is 2. The van der Waals surface area contributed by atoms with Crippen LogP contribution in [0, 0.1) is 11.8 Å². The normalized spacial score (nSPS) is 26.2. The van der Waals surface area contributed by atoms with Crippen LogP contribution in [0.2, 0.25) is 0 Å². The first-order valence-electron chi connectivity index (χ1n) is 10.3. The van der Waals surface area contributed by atoms with Crippen molar-refractivity contribution in [2.75, 3.05) is 76.7 Å². The van der Waals surface area contributed by atoms with Crippen molar-refractivity contribution < 1.29 is 9.59 Å². The van der Waals surface area contributed by atoms with Crippen LogP contribution in [0.3, 0.4) is 0 Å². The van der Waals surface area contributed by atoms with Gasteiger partial charge >= 0.3 is 0 Å². The Morgan fingerprint density at radius 3 is 2.00 bits per heavy atom. The highest BCUT2D eigenvalue weighted by atomic mass is 16.2. The van der Waals surface area contributed by atoms with Crippen LogP contribution in [0.5, 0.6) is 0 Å². The summed E-state index contributed by atoms with van der Waals surface area (Å²) in [5, 5.41) is 2.99. The fourth-order valence-corrected chi connectivity index (χ4v) is 4.07. The second kappa shape index (κ2) is 8.09. The molecule has 28 heavy (non-hydrogen) atoms. The molecule has 2 amide bonds. The molecule has 0 spiro atoms. The Morgan fingerprint density at radius 1 is 0.821 bits per heavy atom. The van der Waals surface area contributed by atoms with E-state index in [2.05, 4.69) is 46.2 Å². The van der Waals surface area contributed by atoms with Gasteiger partial charge in [-0.2, -0.15) is 0 Å². The van der Waals surface area contributed by atoms with E-state index < -0.39 is 0 Å². The molecular weight excluding hydrogens is 354 g/mol. The fraction of sp³-hybridized carbons (Fsp3) is 0.619. The summed E-state index contributed by atoms with van der Waals surface area (Å²) in [5.74, 6) is -0.184. The van der Waals surface area contributed by atoms with Crippen LogP contribution in [0.15, 0.2) is 24.3 Å². The summed E-state index contributed by atoms with van der Waals surface area (Å²) < 4.78 is 0. The first-order chi connectivity index (χ1) is 13.5. The van der Waals surface area contributed by atoms with Crippen molar-refractivity contribution >= 4 is 23.2 Å². The Balaban J connectivity index is 1.27. The highest BCUT2D eigenvalue weighted by Gasteiger charge is 2.49. The van der Waals surface area contributed by atoms with E-state index in [-0.39, 0.29) is 23.7 Å². The zero-order valence-corrected chi connectivity index (χ0v) is 16.9. The van der Waals surface area contributed by atoms with Crippen molar-refractivity contribution in [3.63, 3.8) is 0 Å². The minimum atomic E-state index is -0.176. The number of carbonyl (C=O) groups is 2. The third-order valence-corrected chi connectivity index (χ3v) is 6.26. The number of hydrogen-bond donors (Lipinski definition) is 1. The molecule has 0 radical (unpaired) electrons. The van der Waals surface area contributed by atoms with Gasteiger partial charge in [-0.15, -0.1) is 0 Å². The molecule has 1 aromatic rings. The van der Waals surface area contributed by atoms with Crippen LogP contribution < -0.4 is 10.2 Å². The maximum Gasteiger partial charge on any atom is 0.228 e. The van der Waals surface area contributed by atoms with Gasteiger partial charge in [0.2, 0.25) is 11.8 Å². The number of hydrogen-bond acceptors (Lipinski definition) is 5. The summed E-state index contributed by atoms with van der Waals surface area (Å²) in [6.07, 6.45) is 0.677. The Kier molecular flexibility index (Phi) is 5.55. The smallest absolute Gasteiger partial charge is 0.228 e. The molecule has 1 saturated carbocycles. The molecule has 152 valence electrons. The number of rotatable bonds is 4. The summed E-state index contributed by atoms with van der Waals surface area (Å²) in [5.41, 5.74) is 2.00. The molecule has 4 rings (SSSR count). The fourth-order valence-electron chi connectivity index (χ4n) is 4.07. The largest absolute Gasteiger partial charge is 0.369 e. The molecule has 2 heterocycles. The summed E-state index contributed by atoms with van der Waals surface area (Å²) in [6, 6.07) is 8.07. The SMILES string of the molecule is CN1CCN(C(=O)C2CC2C(=O)Nc2ccc(N3CCN(C)CC3)cc2)CC1. The van der Waals surface area contributed by atoms with Gasteiger partial charge in [0.25, 0.3) is 0 Å². The van der Waals surface area contributed by atoms with Crippen molar-refractivity contribution in [3.8, 4) is 0 Å². The highest BCUT2D eigenvalue weighted by Crippen LogP contribution is 2.41. The first kappa shape index (κ1) is 19.2. The molecular formula is C21H31N5O2. The number of piperazine rings is 2. The molecule has 3 fully saturated rings. The number of likely N-dealkylation sites (N-methyl/N-ethyl adjacent to an activating group) is 2. The molecule has 0 bridgehead atoms. The summed E-state index contributed by atoms with van der Waals surface area (Å²) in [6.45, 7) is 7.57. The molecule has 2 aliphatic heterocycles. The van der Waals surface area contributed by atoms with E-state index in [0.717, 1.165) is 58.0 Å². The lowest BCUT2D eigenvalue weighted by Crippen LogP contribution is -2.48. The van der Waals surface area contributed by atoms with Gasteiger partial charge in [-0.3, -0.25) is 9.59 Å². The number of carbonyl (C=O) groups excluding carboxylic acids is 2. The number of nitrogens with zero attached hydrogens (tertiary/aromatic N) is 4. The second-order valence-corrected chi connectivity index (χ2v) is 8.40. The molecule has 1 aliphatic carbocycles. The van der Waals surface area contributed by atoms with E-state index in [1.807, 2.05) is 17.0 Å². The van der Waals surface area contributed by atoms with Crippen molar-refractivity contribution in [3.05, 3.63) is 24.3 Å². The summed E-state index contributed by atoms with van der Waals surface area (Å²) in [4.78, 5) is 34.0. The maximum absolute atomic E-state index is 12.6. The lowest BCUT2D eigenvalue weighted by molar-refractivity contribution is -0.135. The summed E-state index contributed by atoms with van der Waals surface area (Å²) >= 11 is 0. The molecule has 0 aromatic heterocycles. The maximum atomic E-state index is 12.6. The Hall–Kier alpha value is -2.12. The predicted molar refractivity (Wildman–Crippen MR) is 110 cm³/mol. The molecule has 2 atom stereocenters. The third-order valence-electron chi connectivity index (χ3n) is 6.26. The van der Waals surface area contributed by atoms with Crippen LogP contribution in [0.25, 0.3) is 0 Å². The van der Waals surface area contributed by atoms with Gasteiger partial charge in [-0.05, 0) is 44.8 Å². The van der Waals surface area contributed by atoms with Crippen LogP contribution in [-0.4, -0.2) is 93.0 Å². The van der Waals surface area contributed by atoms with Gasteiger partial charge in [0.15, 0.2) is 0 Å². The Labute approximate surface area is 167 Å². The van der Waals surface area contributed by atoms with Crippen LogP contribution in [-0.2, 0) is 9.59 Å². The van der Waals surface area contributed by atoms with E-state index >= 15 is 0 Å². The van der Waals surface area contributed by atoms with E-state index in [4.69, 9.17) is 0 Å². The predicted octanol–water partition coefficient (Wildman–Crippen LogP) is 0.787. The van der Waals surface area contributed by atoms with Gasteiger partial charge in [-0.25, -0.2) is 0 Å². The standard InChI is InChI=1S/C21H31N5O2/c1-23-7-11-25(12-8-23)17-5-3-16(4-6-17)22-20(27)18-15-19(18)21(28)26-13-9-24(2)10-14-26/h3-6,18-19H,7-15H2,1-2H3,(H,22,27). The topological polar surface area (TPSA) is 59.1 Å². The Bertz CT molecular complexity index is 706. The van der Waals surface area contributed by atoms with E-state index in [9.17, 15) is 9.59 Å². The lowest BCUT2D eigenvalue weighted by atomic mass is 10.2. The van der Waals surface area contributed by atoms with Gasteiger partial charge < -0.3 is 24.9 Å². The summed E-state index contributed by atoms with van der Waals surface area (Å²) in [7, 11) is 4.22. The van der Waals surface area contributed by atoms with Crippen LogP contribution in [0.4, 0.5) is 11.4 Å².